The van der Waals surface area contributed by atoms with Gasteiger partial charge in [0.15, 0.2) is 11.5 Å². The van der Waals surface area contributed by atoms with E-state index in [1.807, 2.05) is 5.38 Å². The minimum atomic E-state index is -3.66. The minimum Gasteiger partial charge on any atom is -0.493 e. The second-order valence-electron chi connectivity index (χ2n) is 6.39. The number of sulfonamides is 1. The number of amides is 1. The van der Waals surface area contributed by atoms with Crippen molar-refractivity contribution < 1.29 is 22.7 Å². The normalized spacial score (nSPS) is 15.9. The molecular formula is C18H23N3O5S2. The van der Waals surface area contributed by atoms with Gasteiger partial charge >= 0.3 is 0 Å². The molecule has 2 aromatic rings. The number of rotatable bonds is 7. The fourth-order valence-corrected chi connectivity index (χ4v) is 5.18. The van der Waals surface area contributed by atoms with Crippen molar-refractivity contribution in [2.45, 2.75) is 24.3 Å². The number of thiazole rings is 1. The van der Waals surface area contributed by atoms with E-state index >= 15 is 0 Å². The van der Waals surface area contributed by atoms with Crippen LogP contribution in [0.1, 0.15) is 18.5 Å². The van der Waals surface area contributed by atoms with E-state index in [4.69, 9.17) is 9.47 Å². The Morgan fingerprint density at radius 2 is 1.96 bits per heavy atom. The number of nitrogens with zero attached hydrogens (tertiary/aromatic N) is 2. The summed E-state index contributed by atoms with van der Waals surface area (Å²) in [6.45, 7) is 0.990. The van der Waals surface area contributed by atoms with Crippen LogP contribution < -0.4 is 14.8 Å². The van der Waals surface area contributed by atoms with E-state index in [1.165, 1.54) is 42.0 Å². The van der Waals surface area contributed by atoms with E-state index in [1.54, 1.807) is 11.6 Å². The largest absolute Gasteiger partial charge is 0.493 e. The van der Waals surface area contributed by atoms with Crippen LogP contribution in [0.15, 0.2) is 34.0 Å². The highest BCUT2D eigenvalue weighted by atomic mass is 32.2. The van der Waals surface area contributed by atoms with E-state index in [-0.39, 0.29) is 16.7 Å². The van der Waals surface area contributed by atoms with Gasteiger partial charge in [-0.3, -0.25) is 4.79 Å². The Labute approximate surface area is 168 Å². The Morgan fingerprint density at radius 3 is 2.57 bits per heavy atom. The number of aromatic nitrogens is 1. The summed E-state index contributed by atoms with van der Waals surface area (Å²) < 4.78 is 37.6. The molecule has 0 bridgehead atoms. The second-order valence-corrected chi connectivity index (χ2v) is 9.05. The summed E-state index contributed by atoms with van der Waals surface area (Å²) in [5.74, 6) is 0.573. The third-order valence-electron chi connectivity index (χ3n) is 4.74. The van der Waals surface area contributed by atoms with Crippen molar-refractivity contribution in [2.75, 3.05) is 27.3 Å². The predicted octanol–water partition coefficient (Wildman–Crippen LogP) is 1.88. The van der Waals surface area contributed by atoms with Gasteiger partial charge < -0.3 is 14.8 Å². The lowest BCUT2D eigenvalue weighted by Crippen LogP contribution is -2.42. The van der Waals surface area contributed by atoms with Gasteiger partial charge in [0.2, 0.25) is 15.9 Å². The average Bonchev–Trinajstić information content (AvgIpc) is 3.25. The van der Waals surface area contributed by atoms with E-state index in [0.717, 1.165) is 5.69 Å². The maximum absolute atomic E-state index is 12.9. The second kappa shape index (κ2) is 8.89. The highest BCUT2D eigenvalue weighted by Gasteiger charge is 2.32. The maximum Gasteiger partial charge on any atom is 0.243 e. The van der Waals surface area contributed by atoms with Crippen LogP contribution in [0.5, 0.6) is 11.5 Å². The van der Waals surface area contributed by atoms with E-state index < -0.39 is 10.0 Å². The number of hydrogen-bond donors (Lipinski definition) is 1. The van der Waals surface area contributed by atoms with Crippen molar-refractivity contribution in [1.29, 1.82) is 0 Å². The van der Waals surface area contributed by atoms with Crippen molar-refractivity contribution in [3.05, 3.63) is 34.8 Å². The molecule has 0 radical (unpaired) electrons. The summed E-state index contributed by atoms with van der Waals surface area (Å²) in [6, 6.07) is 4.54. The van der Waals surface area contributed by atoms with E-state index in [0.29, 0.717) is 44.0 Å². The molecule has 1 aliphatic heterocycles. The molecule has 1 aromatic heterocycles. The average molecular weight is 426 g/mol. The van der Waals surface area contributed by atoms with Crippen LogP contribution in [0, 0.1) is 5.92 Å². The van der Waals surface area contributed by atoms with E-state index in [9.17, 15) is 13.2 Å². The molecule has 1 amide bonds. The van der Waals surface area contributed by atoms with Gasteiger partial charge in [0.1, 0.15) is 0 Å². The molecule has 3 rings (SSSR count). The molecular weight excluding hydrogens is 402 g/mol. The Morgan fingerprint density at radius 1 is 1.25 bits per heavy atom. The van der Waals surface area contributed by atoms with Gasteiger partial charge in [-0.1, -0.05) is 0 Å². The third-order valence-corrected chi connectivity index (χ3v) is 7.27. The van der Waals surface area contributed by atoms with Gasteiger partial charge in [0, 0.05) is 30.5 Å². The fourth-order valence-electron chi connectivity index (χ4n) is 3.13. The number of ether oxygens (including phenoxy) is 2. The Bertz CT molecular complexity index is 907. The monoisotopic (exact) mass is 425 g/mol. The zero-order valence-corrected chi connectivity index (χ0v) is 17.4. The molecule has 0 aliphatic carbocycles. The van der Waals surface area contributed by atoms with Crippen molar-refractivity contribution in [3.63, 3.8) is 0 Å². The number of carbonyl (C=O) groups excluding carboxylic acids is 1. The molecule has 1 fully saturated rings. The van der Waals surface area contributed by atoms with Gasteiger partial charge in [-0.05, 0) is 25.0 Å². The van der Waals surface area contributed by atoms with Gasteiger partial charge in [-0.2, -0.15) is 4.31 Å². The van der Waals surface area contributed by atoms with Gasteiger partial charge in [-0.15, -0.1) is 11.3 Å². The van der Waals surface area contributed by atoms with Crippen molar-refractivity contribution >= 4 is 27.3 Å². The first-order valence-electron chi connectivity index (χ1n) is 8.82. The molecule has 28 heavy (non-hydrogen) atoms. The molecule has 0 spiro atoms. The topological polar surface area (TPSA) is 97.8 Å². The molecule has 8 nitrogen and oxygen atoms in total. The van der Waals surface area contributed by atoms with Crippen LogP contribution in [-0.4, -0.2) is 50.9 Å². The molecule has 0 unspecified atom stereocenters. The summed E-state index contributed by atoms with van der Waals surface area (Å²) >= 11 is 1.48. The highest BCUT2D eigenvalue weighted by molar-refractivity contribution is 7.89. The van der Waals surface area contributed by atoms with Crippen molar-refractivity contribution in [1.82, 2.24) is 14.6 Å². The quantitative estimate of drug-likeness (QED) is 0.727. The summed E-state index contributed by atoms with van der Waals surface area (Å²) in [6.07, 6.45) is 0.963. The molecule has 1 N–H and O–H groups in total. The number of nitrogens with one attached hydrogen (secondary N) is 1. The minimum absolute atomic E-state index is 0.0591. The van der Waals surface area contributed by atoms with Crippen molar-refractivity contribution in [3.8, 4) is 11.5 Å². The molecule has 2 heterocycles. The van der Waals surface area contributed by atoms with Crippen LogP contribution in [0.4, 0.5) is 0 Å². The van der Waals surface area contributed by atoms with Gasteiger partial charge in [0.05, 0.1) is 36.9 Å². The van der Waals surface area contributed by atoms with Crippen LogP contribution in [0.25, 0.3) is 0 Å². The first-order chi connectivity index (χ1) is 13.5. The van der Waals surface area contributed by atoms with Crippen molar-refractivity contribution in [2.24, 2.45) is 5.92 Å². The lowest BCUT2D eigenvalue weighted by atomic mass is 9.97. The maximum atomic E-state index is 12.9. The first kappa shape index (κ1) is 20.6. The molecule has 152 valence electrons. The van der Waals surface area contributed by atoms with Gasteiger partial charge in [-0.25, -0.2) is 13.4 Å². The molecule has 10 heteroatoms. The Kier molecular flexibility index (Phi) is 6.53. The Balaban J connectivity index is 1.61. The fraction of sp³-hybridized carbons (Fsp3) is 0.444. The molecule has 1 saturated heterocycles. The highest BCUT2D eigenvalue weighted by Crippen LogP contribution is 2.32. The standard InChI is InChI=1S/C18H23N3O5S2/c1-25-16-4-3-15(9-17(16)26-2)28(23,24)21-7-5-13(6-8-21)18(22)19-10-14-11-27-12-20-14/h3-4,9,11-13H,5-8,10H2,1-2H3,(H,19,22). The summed E-state index contributed by atoms with van der Waals surface area (Å²) in [5.41, 5.74) is 2.55. The SMILES string of the molecule is COc1ccc(S(=O)(=O)N2CCC(C(=O)NCc3cscn3)CC2)cc1OC. The van der Waals surface area contributed by atoms with Crippen LogP contribution >= 0.6 is 11.3 Å². The number of methoxy groups -OCH3 is 2. The lowest BCUT2D eigenvalue weighted by molar-refractivity contribution is -0.126. The molecule has 0 saturated carbocycles. The zero-order valence-electron chi connectivity index (χ0n) is 15.8. The summed E-state index contributed by atoms with van der Waals surface area (Å²) in [7, 11) is -0.700. The zero-order chi connectivity index (χ0) is 20.1. The number of carbonyl (C=O) groups is 1. The number of benzene rings is 1. The van der Waals surface area contributed by atoms with Gasteiger partial charge in [0.25, 0.3) is 0 Å². The number of hydrogen-bond acceptors (Lipinski definition) is 7. The first-order valence-corrected chi connectivity index (χ1v) is 11.2. The predicted molar refractivity (Wildman–Crippen MR) is 105 cm³/mol. The van der Waals surface area contributed by atoms with E-state index in [2.05, 4.69) is 10.3 Å². The summed E-state index contributed by atoms with van der Waals surface area (Å²) in [5, 5.41) is 4.76. The molecule has 0 atom stereocenters. The lowest BCUT2D eigenvalue weighted by Gasteiger charge is -2.30. The van der Waals surface area contributed by atoms with Crippen LogP contribution in [0.3, 0.4) is 0 Å². The van der Waals surface area contributed by atoms with Crippen LogP contribution in [-0.2, 0) is 21.4 Å². The Hall–Kier alpha value is -2.17. The molecule has 1 aliphatic rings. The smallest absolute Gasteiger partial charge is 0.243 e. The summed E-state index contributed by atoms with van der Waals surface area (Å²) in [4.78, 5) is 16.6. The number of piperidine rings is 1. The third kappa shape index (κ3) is 4.45. The molecule has 1 aromatic carbocycles. The van der Waals surface area contributed by atoms with Crippen LogP contribution in [0.2, 0.25) is 0 Å².